The molecule has 158 valence electrons. The van der Waals surface area contributed by atoms with Crippen LogP contribution in [0, 0.1) is 6.92 Å². The Morgan fingerprint density at radius 2 is 1.93 bits per heavy atom. The van der Waals surface area contributed by atoms with Crippen LogP contribution in [0.4, 0.5) is 0 Å². The fraction of sp³-hybridized carbons (Fsp3) is 0.682. The number of nitrogens with one attached hydrogen (secondary N) is 2. The van der Waals surface area contributed by atoms with E-state index in [4.69, 9.17) is 9.73 Å². The maximum atomic E-state index is 5.88. The smallest absolute Gasteiger partial charge is 0.191 e. The Balaban J connectivity index is 0.00000280. The van der Waals surface area contributed by atoms with Crippen LogP contribution in [-0.4, -0.2) is 55.7 Å². The summed E-state index contributed by atoms with van der Waals surface area (Å²) in [5.74, 6) is 1.94. The molecule has 2 aliphatic rings. The molecule has 0 amide bonds. The molecule has 2 unspecified atom stereocenters. The van der Waals surface area contributed by atoms with Crippen LogP contribution in [0.15, 0.2) is 29.3 Å². The van der Waals surface area contributed by atoms with Crippen LogP contribution in [0.3, 0.4) is 0 Å². The zero-order valence-electron chi connectivity index (χ0n) is 17.6. The molecule has 0 saturated carbocycles. The minimum Gasteiger partial charge on any atom is -0.493 e. The molecule has 5 nitrogen and oxygen atoms in total. The third-order valence-electron chi connectivity index (χ3n) is 5.95. The highest BCUT2D eigenvalue weighted by Gasteiger charge is 2.36. The fourth-order valence-electron chi connectivity index (χ4n) is 4.40. The van der Waals surface area contributed by atoms with E-state index in [1.165, 1.54) is 37.7 Å². The topological polar surface area (TPSA) is 48.9 Å². The largest absolute Gasteiger partial charge is 0.493 e. The van der Waals surface area contributed by atoms with Gasteiger partial charge in [-0.3, -0.25) is 4.99 Å². The Bertz CT molecular complexity index is 610. The van der Waals surface area contributed by atoms with Gasteiger partial charge in [0, 0.05) is 37.6 Å². The summed E-state index contributed by atoms with van der Waals surface area (Å²) in [6, 6.07) is 10.2. The summed E-state index contributed by atoms with van der Waals surface area (Å²) in [7, 11) is 2.30. The predicted molar refractivity (Wildman–Crippen MR) is 128 cm³/mol. The van der Waals surface area contributed by atoms with Gasteiger partial charge < -0.3 is 20.3 Å². The molecule has 2 saturated heterocycles. The Kier molecular flexibility index (Phi) is 9.85. The van der Waals surface area contributed by atoms with Crippen LogP contribution in [0.5, 0.6) is 5.75 Å². The van der Waals surface area contributed by atoms with E-state index < -0.39 is 0 Å². The summed E-state index contributed by atoms with van der Waals surface area (Å²) in [6.45, 7) is 6.58. The number of hydrogen-bond acceptors (Lipinski definition) is 3. The number of fused-ring (bicyclic) bond motifs is 2. The first-order valence-electron chi connectivity index (χ1n) is 10.6. The molecule has 2 N–H and O–H groups in total. The standard InChI is InChI=1S/C22H36N4O.HI/c1-4-23-22(24-13-8-14-27-21-12-6-5-9-17(21)2)25-18-15-19-10-7-11-20(16-18)26(19)3;/h5-6,9,12,18-20H,4,7-8,10-11,13-16H2,1-3H3,(H2,23,24,25);1H. The molecule has 6 heteroatoms. The number of nitrogens with zero attached hydrogens (tertiary/aromatic N) is 2. The van der Waals surface area contributed by atoms with Crippen LogP contribution in [0.1, 0.15) is 51.0 Å². The maximum Gasteiger partial charge on any atom is 0.191 e. The SMILES string of the molecule is CCNC(=NCCCOc1ccccc1C)NC1CC2CCCC(C1)N2C.I. The van der Waals surface area contributed by atoms with Crippen molar-refractivity contribution in [3.8, 4) is 5.75 Å². The van der Waals surface area contributed by atoms with Crippen molar-refractivity contribution in [2.24, 2.45) is 4.99 Å². The van der Waals surface area contributed by atoms with Crippen molar-refractivity contribution in [2.45, 2.75) is 70.5 Å². The van der Waals surface area contributed by atoms with E-state index in [0.717, 1.165) is 43.3 Å². The second-order valence-corrected chi connectivity index (χ2v) is 7.94. The van der Waals surface area contributed by atoms with E-state index in [2.05, 4.69) is 42.5 Å². The minimum atomic E-state index is 0. The van der Waals surface area contributed by atoms with E-state index >= 15 is 0 Å². The number of halogens is 1. The van der Waals surface area contributed by atoms with Crippen molar-refractivity contribution in [1.82, 2.24) is 15.5 Å². The number of aliphatic imine (C=N–C) groups is 1. The van der Waals surface area contributed by atoms with Gasteiger partial charge in [0.15, 0.2) is 5.96 Å². The van der Waals surface area contributed by atoms with Gasteiger partial charge in [0.05, 0.1) is 6.61 Å². The van der Waals surface area contributed by atoms with E-state index in [0.29, 0.717) is 12.6 Å². The summed E-state index contributed by atoms with van der Waals surface area (Å²) in [6.07, 6.45) is 7.46. The third-order valence-corrected chi connectivity index (χ3v) is 5.95. The van der Waals surface area contributed by atoms with Crippen LogP contribution in [-0.2, 0) is 0 Å². The molecule has 1 aromatic rings. The van der Waals surface area contributed by atoms with Gasteiger partial charge in [-0.1, -0.05) is 24.6 Å². The van der Waals surface area contributed by atoms with Gasteiger partial charge in [-0.2, -0.15) is 0 Å². The van der Waals surface area contributed by atoms with Gasteiger partial charge in [0.1, 0.15) is 5.75 Å². The van der Waals surface area contributed by atoms with Crippen LogP contribution in [0.25, 0.3) is 0 Å². The molecule has 2 atom stereocenters. The van der Waals surface area contributed by atoms with Gasteiger partial charge in [-0.05, 0) is 58.2 Å². The molecular weight excluding hydrogens is 463 g/mol. The Hall–Kier alpha value is -1.02. The fourth-order valence-corrected chi connectivity index (χ4v) is 4.40. The number of guanidine groups is 1. The molecular formula is C22H37IN4O. The monoisotopic (exact) mass is 500 g/mol. The molecule has 0 aromatic heterocycles. The van der Waals surface area contributed by atoms with E-state index in [9.17, 15) is 0 Å². The van der Waals surface area contributed by atoms with Crippen LogP contribution < -0.4 is 15.4 Å². The number of hydrogen-bond donors (Lipinski definition) is 2. The highest BCUT2D eigenvalue weighted by molar-refractivity contribution is 14.0. The zero-order chi connectivity index (χ0) is 19.1. The highest BCUT2D eigenvalue weighted by atomic mass is 127. The van der Waals surface area contributed by atoms with Crippen molar-refractivity contribution in [3.05, 3.63) is 29.8 Å². The molecule has 2 heterocycles. The second-order valence-electron chi connectivity index (χ2n) is 7.94. The first kappa shape index (κ1) is 23.3. The van der Waals surface area contributed by atoms with E-state index in [1.54, 1.807) is 0 Å². The lowest BCUT2D eigenvalue weighted by molar-refractivity contribution is 0.0526. The van der Waals surface area contributed by atoms with Crippen LogP contribution in [0.2, 0.25) is 0 Å². The van der Waals surface area contributed by atoms with Crippen molar-refractivity contribution in [3.63, 3.8) is 0 Å². The van der Waals surface area contributed by atoms with E-state index in [1.807, 2.05) is 18.2 Å². The summed E-state index contributed by atoms with van der Waals surface area (Å²) >= 11 is 0. The van der Waals surface area contributed by atoms with Gasteiger partial charge >= 0.3 is 0 Å². The van der Waals surface area contributed by atoms with Crippen molar-refractivity contribution in [2.75, 3.05) is 26.7 Å². The Morgan fingerprint density at radius 1 is 1.21 bits per heavy atom. The number of rotatable bonds is 7. The Morgan fingerprint density at radius 3 is 2.61 bits per heavy atom. The molecule has 2 fully saturated rings. The molecule has 3 rings (SSSR count). The zero-order valence-corrected chi connectivity index (χ0v) is 19.9. The lowest BCUT2D eigenvalue weighted by Crippen LogP contribution is -2.56. The average molecular weight is 500 g/mol. The summed E-state index contributed by atoms with van der Waals surface area (Å²) < 4.78 is 5.88. The lowest BCUT2D eigenvalue weighted by atomic mass is 9.82. The van der Waals surface area contributed by atoms with Crippen molar-refractivity contribution >= 4 is 29.9 Å². The number of benzene rings is 1. The summed E-state index contributed by atoms with van der Waals surface area (Å²) in [5, 5.41) is 7.10. The summed E-state index contributed by atoms with van der Waals surface area (Å²) in [4.78, 5) is 7.38. The molecule has 2 bridgehead atoms. The first-order chi connectivity index (χ1) is 13.2. The van der Waals surface area contributed by atoms with Crippen molar-refractivity contribution < 1.29 is 4.74 Å². The third kappa shape index (κ3) is 6.51. The number of aryl methyl sites for hydroxylation is 1. The predicted octanol–water partition coefficient (Wildman–Crippen LogP) is 3.95. The van der Waals surface area contributed by atoms with Crippen LogP contribution >= 0.6 is 24.0 Å². The summed E-state index contributed by atoms with van der Waals surface area (Å²) in [5.41, 5.74) is 1.18. The van der Waals surface area contributed by atoms with Crippen molar-refractivity contribution in [1.29, 1.82) is 0 Å². The number of piperidine rings is 2. The Labute approximate surface area is 187 Å². The highest BCUT2D eigenvalue weighted by Crippen LogP contribution is 2.32. The lowest BCUT2D eigenvalue weighted by Gasteiger charge is -2.47. The molecule has 0 spiro atoms. The van der Waals surface area contributed by atoms with E-state index in [-0.39, 0.29) is 24.0 Å². The van der Waals surface area contributed by atoms with Gasteiger partial charge in [-0.25, -0.2) is 0 Å². The average Bonchev–Trinajstić information content (AvgIpc) is 2.64. The minimum absolute atomic E-state index is 0. The molecule has 0 radical (unpaired) electrons. The molecule has 1 aromatic carbocycles. The second kappa shape index (κ2) is 11.9. The molecule has 0 aliphatic carbocycles. The normalized spacial score (nSPS) is 25.0. The number of ether oxygens (including phenoxy) is 1. The van der Waals surface area contributed by atoms with Gasteiger partial charge in [0.25, 0.3) is 0 Å². The maximum absolute atomic E-state index is 5.88. The molecule has 2 aliphatic heterocycles. The van der Waals surface area contributed by atoms with Gasteiger partial charge in [-0.15, -0.1) is 24.0 Å². The van der Waals surface area contributed by atoms with Gasteiger partial charge in [0.2, 0.25) is 0 Å². The quantitative estimate of drug-likeness (QED) is 0.258. The molecule has 28 heavy (non-hydrogen) atoms. The first-order valence-corrected chi connectivity index (χ1v) is 10.6. The number of para-hydroxylation sites is 1.